The number of aromatic nitrogens is 4. The highest BCUT2D eigenvalue weighted by Crippen LogP contribution is 2.14. The third-order valence-corrected chi connectivity index (χ3v) is 13.1. The number of ketones is 1. The number of primary amides is 1. The zero-order valence-corrected chi connectivity index (χ0v) is 44.6. The second kappa shape index (κ2) is 43.0. The molecule has 0 saturated heterocycles. The summed E-state index contributed by atoms with van der Waals surface area (Å²) in [6, 6.07) is 4.89. The highest BCUT2D eigenvalue weighted by atomic mass is 32.2. The average molecular weight is 1080 g/mol. The van der Waals surface area contributed by atoms with Gasteiger partial charge in [-0.05, 0) is 62.6 Å². The Labute approximate surface area is 443 Å². The molecule has 0 aliphatic heterocycles. The number of phenols is 1. The van der Waals surface area contributed by atoms with E-state index in [0.717, 1.165) is 43.5 Å². The molecular formula is C50H85N11O13S. The first-order valence-electron chi connectivity index (χ1n) is 26.4. The topological polar surface area (TPSA) is 346 Å². The zero-order valence-electron chi connectivity index (χ0n) is 43.8. The molecule has 2 radical (unpaired) electrons. The summed E-state index contributed by atoms with van der Waals surface area (Å²) in [5.41, 5.74) is 6.26. The van der Waals surface area contributed by atoms with E-state index < -0.39 is 33.9 Å². The Morgan fingerprint density at radius 2 is 1.16 bits per heavy atom. The highest BCUT2D eigenvalue weighted by Gasteiger charge is 2.21. The van der Waals surface area contributed by atoms with Crippen LogP contribution in [0.15, 0.2) is 24.3 Å². The lowest BCUT2D eigenvalue weighted by Gasteiger charge is -2.19. The van der Waals surface area contributed by atoms with Gasteiger partial charge in [0.1, 0.15) is 19.0 Å². The summed E-state index contributed by atoms with van der Waals surface area (Å²) in [6.45, 7) is 1.49. The number of rotatable bonds is 50. The van der Waals surface area contributed by atoms with Crippen LogP contribution < -0.4 is 37.0 Å². The van der Waals surface area contributed by atoms with E-state index >= 15 is 0 Å². The van der Waals surface area contributed by atoms with Crippen molar-refractivity contribution in [3.8, 4) is 5.75 Å². The van der Waals surface area contributed by atoms with Crippen LogP contribution >= 0.6 is 0 Å². The molecule has 2 aromatic rings. The molecule has 0 aliphatic carbocycles. The summed E-state index contributed by atoms with van der Waals surface area (Å²) in [6.07, 6.45) is 17.5. The molecule has 1 aromatic heterocycles. The second-order valence-electron chi connectivity index (χ2n) is 18.1. The fourth-order valence-electron chi connectivity index (χ4n) is 7.51. The van der Waals surface area contributed by atoms with Crippen LogP contribution in [-0.4, -0.2) is 166 Å². The number of hydrogen-bond acceptors (Lipinski definition) is 18. The molecule has 0 spiro atoms. The molecular weight excluding hydrogens is 995 g/mol. The number of nitrogens with two attached hydrogens (primary N) is 1. The number of aromatic hydroxyl groups is 1. The number of nitrogens with one attached hydrogen (secondary N) is 7. The minimum absolute atomic E-state index is 0.0177. The largest absolute Gasteiger partial charge is 0.508 e. The van der Waals surface area contributed by atoms with E-state index in [1.54, 1.807) is 12.1 Å². The number of hydrogen-bond donors (Lipinski definition) is 9. The summed E-state index contributed by atoms with van der Waals surface area (Å²) in [7, 11) is 1.76. The monoisotopic (exact) mass is 1080 g/mol. The standard InChI is InChI=1S/C50H85N11O13S/c1-52-42(44(63)37-56-43(50(51)68)36-40-22-24-41(62)25-23-40)18-15-16-26-53-48(66)38-73-33-32-72-30-28-55-49(67)39-74-34-31-71-29-27-54-46(64)21-17-35-75(69,70)59-47(65)20-14-12-10-8-6-4-2-3-5-7-9-11-13-19-45-57-60-61-58-45/h1,22-25,42-43,52,56,62H,2-21,26-39H2,(H2,51,68)(H,53,66)(H,54,64)(H,55,67)(H,59,65)(H,57,58,60,61)/t42-,43-/m0/s1. The molecule has 424 valence electrons. The number of Topliss-reactive ketones (excluding diaryl/α,β-unsaturated/α-hetero) is 1. The first-order chi connectivity index (χ1) is 36.3. The molecule has 24 nitrogen and oxygen atoms in total. The number of tetrazole rings is 1. The molecule has 0 aliphatic rings. The molecule has 2 atom stereocenters. The van der Waals surface area contributed by atoms with Gasteiger partial charge in [0.2, 0.25) is 39.6 Å². The molecule has 2 rings (SSSR count). The molecule has 0 bridgehead atoms. The van der Waals surface area contributed by atoms with Gasteiger partial charge in [-0.1, -0.05) is 88.0 Å². The van der Waals surface area contributed by atoms with E-state index in [-0.39, 0.29) is 133 Å². The van der Waals surface area contributed by atoms with Crippen LogP contribution in [0.3, 0.4) is 0 Å². The Bertz CT molecular complexity index is 1970. The molecule has 0 fully saturated rings. The number of sulfonamides is 1. The molecule has 5 amide bonds. The van der Waals surface area contributed by atoms with Crippen LogP contribution in [0, 0.1) is 7.05 Å². The number of ether oxygens (including phenoxy) is 4. The van der Waals surface area contributed by atoms with E-state index in [1.165, 1.54) is 63.5 Å². The normalized spacial score (nSPS) is 12.2. The smallest absolute Gasteiger partial charge is 0.246 e. The number of carbonyl (C=O) groups is 6. The summed E-state index contributed by atoms with van der Waals surface area (Å²) >= 11 is 0. The summed E-state index contributed by atoms with van der Waals surface area (Å²) < 4.78 is 48.2. The summed E-state index contributed by atoms with van der Waals surface area (Å²) in [4.78, 5) is 73.0. The van der Waals surface area contributed by atoms with Crippen LogP contribution in [0.2, 0.25) is 0 Å². The zero-order chi connectivity index (χ0) is 54.6. The Balaban J connectivity index is 1.31. The van der Waals surface area contributed by atoms with Gasteiger partial charge >= 0.3 is 0 Å². The number of aromatic amines is 1. The lowest BCUT2D eigenvalue weighted by molar-refractivity contribution is -0.127. The minimum Gasteiger partial charge on any atom is -0.508 e. The Hall–Kier alpha value is -5.18. The van der Waals surface area contributed by atoms with Gasteiger partial charge in [-0.2, -0.15) is 5.21 Å². The van der Waals surface area contributed by atoms with Crippen molar-refractivity contribution >= 4 is 45.3 Å². The maximum absolute atomic E-state index is 12.7. The lowest BCUT2D eigenvalue weighted by Crippen LogP contribution is -2.48. The Morgan fingerprint density at radius 1 is 0.627 bits per heavy atom. The van der Waals surface area contributed by atoms with Crippen molar-refractivity contribution in [2.75, 3.05) is 84.8 Å². The predicted octanol–water partition coefficient (Wildman–Crippen LogP) is 1.60. The number of benzene rings is 1. The van der Waals surface area contributed by atoms with Gasteiger partial charge < -0.3 is 51.1 Å². The molecule has 1 heterocycles. The third-order valence-electron chi connectivity index (χ3n) is 11.7. The van der Waals surface area contributed by atoms with Crippen LogP contribution in [0.5, 0.6) is 5.75 Å². The van der Waals surface area contributed by atoms with Gasteiger partial charge in [-0.15, -0.1) is 10.2 Å². The van der Waals surface area contributed by atoms with Crippen LogP contribution in [0.25, 0.3) is 0 Å². The summed E-state index contributed by atoms with van der Waals surface area (Å²) in [5, 5.41) is 36.9. The van der Waals surface area contributed by atoms with E-state index in [9.17, 15) is 42.3 Å². The van der Waals surface area contributed by atoms with Crippen LogP contribution in [0.4, 0.5) is 0 Å². The van der Waals surface area contributed by atoms with Gasteiger partial charge in [-0.3, -0.25) is 38.8 Å². The first-order valence-corrected chi connectivity index (χ1v) is 28.1. The van der Waals surface area contributed by atoms with Crippen LogP contribution in [0.1, 0.15) is 133 Å². The van der Waals surface area contributed by atoms with Crippen molar-refractivity contribution in [3.63, 3.8) is 0 Å². The maximum Gasteiger partial charge on any atom is 0.246 e. The number of amides is 5. The van der Waals surface area contributed by atoms with Gasteiger partial charge in [0, 0.05) is 45.9 Å². The van der Waals surface area contributed by atoms with Crippen LogP contribution in [-0.2, 0) is 70.6 Å². The van der Waals surface area contributed by atoms with Crippen molar-refractivity contribution in [2.24, 2.45) is 5.73 Å². The fourth-order valence-corrected chi connectivity index (χ4v) is 8.59. The lowest BCUT2D eigenvalue weighted by atomic mass is 10.0. The van der Waals surface area contributed by atoms with Crippen molar-refractivity contribution in [2.45, 2.75) is 147 Å². The number of unbranched alkanes of at least 4 members (excludes halogenated alkanes) is 13. The minimum atomic E-state index is -3.82. The second-order valence-corrected chi connectivity index (χ2v) is 20.0. The van der Waals surface area contributed by atoms with E-state index in [2.05, 4.69) is 51.9 Å². The number of nitrogens with zero attached hydrogens (tertiary/aromatic N) is 3. The first kappa shape index (κ1) is 65.9. The molecule has 25 heteroatoms. The third kappa shape index (κ3) is 37.3. The maximum atomic E-state index is 12.7. The Morgan fingerprint density at radius 3 is 1.72 bits per heavy atom. The van der Waals surface area contributed by atoms with E-state index in [4.69, 9.17) is 31.7 Å². The molecule has 1 aromatic carbocycles. The SMILES string of the molecule is [CH]N[C@@H](CCCCNC(=O)COCCOCCNC(=O)COCCOCCNC(=O)CCCS(=O)(=O)NC(=O)CCCCCCCCCCCCCCCc1nn[nH]n1)C(=O)CN[C@@H](Cc1ccc(O)cc1)C(N)=O. The van der Waals surface area contributed by atoms with E-state index in [1.807, 2.05) is 0 Å². The van der Waals surface area contributed by atoms with E-state index in [0.29, 0.717) is 32.2 Å². The highest BCUT2D eigenvalue weighted by molar-refractivity contribution is 7.90. The summed E-state index contributed by atoms with van der Waals surface area (Å²) in [5.74, 6) is -1.81. The molecule has 75 heavy (non-hydrogen) atoms. The number of carbonyl (C=O) groups excluding carboxylic acids is 6. The van der Waals surface area contributed by atoms with Crippen molar-refractivity contribution in [3.05, 3.63) is 42.7 Å². The van der Waals surface area contributed by atoms with Crippen molar-refractivity contribution < 1.29 is 61.2 Å². The fraction of sp³-hybridized carbons (Fsp3) is 0.720. The van der Waals surface area contributed by atoms with Gasteiger partial charge in [0.25, 0.3) is 0 Å². The molecule has 10 N–H and O–H groups in total. The average Bonchev–Trinajstić information content (AvgIpc) is 3.90. The number of H-pyrrole nitrogens is 1. The Kier molecular flexibility index (Phi) is 37.8. The predicted molar refractivity (Wildman–Crippen MR) is 279 cm³/mol. The number of aryl methyl sites for hydroxylation is 1. The van der Waals surface area contributed by atoms with Gasteiger partial charge in [0.15, 0.2) is 11.6 Å². The molecule has 0 unspecified atom stereocenters. The van der Waals surface area contributed by atoms with Crippen molar-refractivity contribution in [1.29, 1.82) is 0 Å². The number of phenolic OH excluding ortho intramolecular Hbond substituents is 1. The molecule has 0 saturated carbocycles. The quantitative estimate of drug-likeness (QED) is 0.0336. The van der Waals surface area contributed by atoms with Crippen molar-refractivity contribution in [1.82, 2.24) is 51.9 Å². The van der Waals surface area contributed by atoms with Gasteiger partial charge in [-0.25, -0.2) is 8.42 Å². The van der Waals surface area contributed by atoms with Gasteiger partial charge in [0.05, 0.1) is 64.0 Å².